The van der Waals surface area contributed by atoms with E-state index in [0.717, 1.165) is 21.3 Å². The van der Waals surface area contributed by atoms with Gasteiger partial charge in [0.1, 0.15) is 11.3 Å². The third-order valence-electron chi connectivity index (χ3n) is 4.10. The molecule has 1 heterocycles. The first-order valence-electron chi connectivity index (χ1n) is 9.07. The Hall–Kier alpha value is -3.19. The molecule has 1 aromatic heterocycles. The summed E-state index contributed by atoms with van der Waals surface area (Å²) in [5.74, 6) is 0.176. The molecule has 1 amide bonds. The van der Waals surface area contributed by atoms with Crippen molar-refractivity contribution in [2.24, 2.45) is 5.10 Å². The van der Waals surface area contributed by atoms with E-state index in [0.29, 0.717) is 13.2 Å². The Morgan fingerprint density at radius 3 is 2.69 bits per heavy atom. The van der Waals surface area contributed by atoms with Gasteiger partial charge in [0.2, 0.25) is 0 Å². The van der Waals surface area contributed by atoms with Crippen LogP contribution in [0.4, 0.5) is 0 Å². The van der Waals surface area contributed by atoms with Crippen molar-refractivity contribution >= 4 is 28.1 Å². The molecular weight excluding hydrogens is 434 g/mol. The number of ether oxygens (including phenoxy) is 1. The van der Waals surface area contributed by atoms with Gasteiger partial charge in [-0.25, -0.2) is 5.43 Å². The Kier molecular flexibility index (Phi) is 6.97. The molecule has 0 saturated heterocycles. The summed E-state index contributed by atoms with van der Waals surface area (Å²) in [4.78, 5) is 25.0. The number of hydrogen-bond acceptors (Lipinski definition) is 4. The van der Waals surface area contributed by atoms with Crippen LogP contribution in [0.2, 0.25) is 0 Å². The highest BCUT2D eigenvalue weighted by Gasteiger charge is 2.11. The van der Waals surface area contributed by atoms with Gasteiger partial charge in [-0.15, -0.1) is 0 Å². The zero-order chi connectivity index (χ0) is 20.6. The Labute approximate surface area is 177 Å². The zero-order valence-corrected chi connectivity index (χ0v) is 17.4. The largest absolute Gasteiger partial charge is 0.493 e. The van der Waals surface area contributed by atoms with Crippen molar-refractivity contribution in [2.75, 3.05) is 6.61 Å². The molecular formula is C22H20BrN3O3. The van der Waals surface area contributed by atoms with Gasteiger partial charge in [-0.1, -0.05) is 30.3 Å². The molecule has 148 valence electrons. The Bertz CT molecular complexity index is 1080. The lowest BCUT2D eigenvalue weighted by Crippen LogP contribution is -2.30. The first-order chi connectivity index (χ1) is 14.1. The zero-order valence-electron chi connectivity index (χ0n) is 15.8. The van der Waals surface area contributed by atoms with Crippen LogP contribution in [0.1, 0.15) is 28.4 Å². The number of carbonyl (C=O) groups is 1. The highest BCUT2D eigenvalue weighted by atomic mass is 79.9. The van der Waals surface area contributed by atoms with Crippen molar-refractivity contribution in [2.45, 2.75) is 13.5 Å². The SMILES string of the molecule is CCOc1ccc(/C=N\NC(=O)c2cccn(Cc3ccccc3)c2=O)cc1Br. The minimum Gasteiger partial charge on any atom is -0.493 e. The third-order valence-corrected chi connectivity index (χ3v) is 4.72. The normalized spacial score (nSPS) is 10.8. The first-order valence-corrected chi connectivity index (χ1v) is 9.87. The molecule has 29 heavy (non-hydrogen) atoms. The van der Waals surface area contributed by atoms with Crippen LogP contribution in [0.15, 0.2) is 81.2 Å². The van der Waals surface area contributed by atoms with Gasteiger partial charge in [-0.3, -0.25) is 9.59 Å². The molecule has 0 aliphatic carbocycles. The maximum absolute atomic E-state index is 12.6. The number of pyridine rings is 1. The monoisotopic (exact) mass is 453 g/mol. The number of carbonyl (C=O) groups excluding carboxylic acids is 1. The summed E-state index contributed by atoms with van der Waals surface area (Å²) in [5.41, 5.74) is 3.83. The van der Waals surface area contributed by atoms with E-state index in [1.165, 1.54) is 16.8 Å². The number of aromatic nitrogens is 1. The molecule has 0 unspecified atom stereocenters. The van der Waals surface area contributed by atoms with Crippen LogP contribution in [0.25, 0.3) is 0 Å². The summed E-state index contributed by atoms with van der Waals surface area (Å²) in [6.45, 7) is 2.87. The number of amides is 1. The van der Waals surface area contributed by atoms with E-state index in [2.05, 4.69) is 26.5 Å². The minimum absolute atomic E-state index is 0.0356. The van der Waals surface area contributed by atoms with Crippen LogP contribution >= 0.6 is 15.9 Å². The van der Waals surface area contributed by atoms with Gasteiger partial charge in [-0.05, 0) is 64.3 Å². The number of nitrogens with zero attached hydrogens (tertiary/aromatic N) is 2. The molecule has 3 rings (SSSR count). The molecule has 2 aromatic carbocycles. The third kappa shape index (κ3) is 5.42. The Morgan fingerprint density at radius 2 is 1.97 bits per heavy atom. The number of nitrogens with one attached hydrogen (secondary N) is 1. The second-order valence-electron chi connectivity index (χ2n) is 6.16. The summed E-state index contributed by atoms with van der Waals surface area (Å²) in [6.07, 6.45) is 3.16. The molecule has 0 aliphatic heterocycles. The Balaban J connectivity index is 1.69. The molecule has 0 saturated carbocycles. The first kappa shape index (κ1) is 20.5. The number of halogens is 1. The van der Waals surface area contributed by atoms with Gasteiger partial charge in [0.25, 0.3) is 11.5 Å². The van der Waals surface area contributed by atoms with Gasteiger partial charge in [0, 0.05) is 6.20 Å². The van der Waals surface area contributed by atoms with E-state index in [4.69, 9.17) is 4.74 Å². The fraction of sp³-hybridized carbons (Fsp3) is 0.136. The average Bonchev–Trinajstić information content (AvgIpc) is 2.72. The van der Waals surface area contributed by atoms with Crippen molar-refractivity contribution in [1.29, 1.82) is 0 Å². The van der Waals surface area contributed by atoms with E-state index in [1.54, 1.807) is 12.3 Å². The summed E-state index contributed by atoms with van der Waals surface area (Å²) >= 11 is 3.43. The van der Waals surface area contributed by atoms with Gasteiger partial charge < -0.3 is 9.30 Å². The molecule has 0 bridgehead atoms. The summed E-state index contributed by atoms with van der Waals surface area (Å²) in [6, 6.07) is 18.2. The molecule has 3 aromatic rings. The summed E-state index contributed by atoms with van der Waals surface area (Å²) < 4.78 is 7.75. The van der Waals surface area contributed by atoms with E-state index < -0.39 is 5.91 Å². The standard InChI is InChI=1S/C22H20BrN3O3/c1-2-29-20-11-10-17(13-19(20)23)14-24-25-21(27)18-9-6-12-26(22(18)28)15-16-7-4-3-5-8-16/h3-14H,2,15H2,1H3,(H,25,27)/b24-14-. The maximum atomic E-state index is 12.6. The van der Waals surface area contributed by atoms with Crippen molar-refractivity contribution in [3.63, 3.8) is 0 Å². The highest BCUT2D eigenvalue weighted by molar-refractivity contribution is 9.10. The van der Waals surface area contributed by atoms with Crippen LogP contribution in [-0.4, -0.2) is 23.3 Å². The predicted octanol–water partition coefficient (Wildman–Crippen LogP) is 3.82. The smallest absolute Gasteiger partial charge is 0.276 e. The van der Waals surface area contributed by atoms with E-state index >= 15 is 0 Å². The summed E-state index contributed by atoms with van der Waals surface area (Å²) in [5, 5.41) is 3.96. The van der Waals surface area contributed by atoms with Crippen molar-refractivity contribution < 1.29 is 9.53 Å². The molecule has 0 spiro atoms. The fourth-order valence-electron chi connectivity index (χ4n) is 2.71. The number of hydrogen-bond donors (Lipinski definition) is 1. The van der Waals surface area contributed by atoms with Crippen LogP contribution in [-0.2, 0) is 6.54 Å². The molecule has 0 fully saturated rings. The maximum Gasteiger partial charge on any atom is 0.276 e. The van der Waals surface area contributed by atoms with Crippen LogP contribution in [0, 0.1) is 0 Å². The fourth-order valence-corrected chi connectivity index (χ4v) is 3.22. The molecule has 0 atom stereocenters. The van der Waals surface area contributed by atoms with E-state index in [-0.39, 0.29) is 11.1 Å². The summed E-state index contributed by atoms with van der Waals surface area (Å²) in [7, 11) is 0. The topological polar surface area (TPSA) is 72.7 Å². The van der Waals surface area contributed by atoms with E-state index in [1.807, 2.05) is 55.5 Å². The van der Waals surface area contributed by atoms with Gasteiger partial charge >= 0.3 is 0 Å². The number of hydrazone groups is 1. The molecule has 7 heteroatoms. The number of benzene rings is 2. The molecule has 0 radical (unpaired) electrons. The average molecular weight is 454 g/mol. The van der Waals surface area contributed by atoms with Gasteiger partial charge in [0.15, 0.2) is 0 Å². The van der Waals surface area contributed by atoms with Crippen molar-refractivity contribution in [3.05, 3.63) is 98.4 Å². The predicted molar refractivity (Wildman–Crippen MR) is 117 cm³/mol. The van der Waals surface area contributed by atoms with Crippen molar-refractivity contribution in [3.8, 4) is 5.75 Å². The van der Waals surface area contributed by atoms with Crippen LogP contribution in [0.3, 0.4) is 0 Å². The number of rotatable bonds is 7. The lowest BCUT2D eigenvalue weighted by molar-refractivity contribution is 0.0953. The molecule has 0 aliphatic rings. The highest BCUT2D eigenvalue weighted by Crippen LogP contribution is 2.25. The lowest BCUT2D eigenvalue weighted by atomic mass is 10.2. The lowest BCUT2D eigenvalue weighted by Gasteiger charge is -2.08. The van der Waals surface area contributed by atoms with Gasteiger partial charge in [-0.2, -0.15) is 5.10 Å². The van der Waals surface area contributed by atoms with Crippen molar-refractivity contribution in [1.82, 2.24) is 9.99 Å². The second-order valence-corrected chi connectivity index (χ2v) is 7.02. The van der Waals surface area contributed by atoms with Crippen LogP contribution in [0.5, 0.6) is 5.75 Å². The molecule has 1 N–H and O–H groups in total. The second kappa shape index (κ2) is 9.84. The van der Waals surface area contributed by atoms with Crippen LogP contribution < -0.4 is 15.7 Å². The van der Waals surface area contributed by atoms with E-state index in [9.17, 15) is 9.59 Å². The van der Waals surface area contributed by atoms with Gasteiger partial charge in [0.05, 0.1) is 23.8 Å². The quantitative estimate of drug-likeness (QED) is 0.436. The molecule has 6 nitrogen and oxygen atoms in total. The Morgan fingerprint density at radius 1 is 1.17 bits per heavy atom. The minimum atomic E-state index is -0.557.